The molecule has 116 valence electrons. The van der Waals surface area contributed by atoms with Gasteiger partial charge in [-0.3, -0.25) is 4.52 Å². The van der Waals surface area contributed by atoms with Crippen molar-refractivity contribution in [2.45, 2.75) is 38.0 Å². The average Bonchev–Trinajstić information content (AvgIpc) is 2.33. The van der Waals surface area contributed by atoms with Gasteiger partial charge in [0.15, 0.2) is 5.79 Å². The molecule has 0 fully saturated rings. The van der Waals surface area contributed by atoms with Crippen molar-refractivity contribution in [2.75, 3.05) is 34.9 Å². The van der Waals surface area contributed by atoms with E-state index in [0.29, 0.717) is 13.0 Å². The maximum absolute atomic E-state index is 14.5. The summed E-state index contributed by atoms with van der Waals surface area (Å²) in [6, 6.07) is 0. The van der Waals surface area contributed by atoms with Crippen LogP contribution in [0.3, 0.4) is 0 Å². The van der Waals surface area contributed by atoms with Gasteiger partial charge in [-0.05, 0) is 33.9 Å². The summed E-state index contributed by atoms with van der Waals surface area (Å²) in [5.74, 6) is -1.34. The molecule has 0 aliphatic carbocycles. The molecule has 0 heterocycles. The van der Waals surface area contributed by atoms with Crippen LogP contribution < -0.4 is 5.32 Å². The minimum atomic E-state index is -4.71. The van der Waals surface area contributed by atoms with E-state index in [4.69, 9.17) is 18.7 Å². The van der Waals surface area contributed by atoms with Gasteiger partial charge in [0.1, 0.15) is 0 Å². The molecule has 6 nitrogen and oxygen atoms in total. The summed E-state index contributed by atoms with van der Waals surface area (Å²) in [6.07, 6.45) is 0.608. The number of ether oxygens (including phenoxy) is 3. The lowest BCUT2D eigenvalue weighted by atomic mass is 10.3. The zero-order valence-corrected chi connectivity index (χ0v) is 13.4. The largest absolute Gasteiger partial charge is 0.427 e. The fourth-order valence-corrected chi connectivity index (χ4v) is 3.16. The molecule has 0 aliphatic rings. The zero-order chi connectivity index (χ0) is 15.2. The summed E-state index contributed by atoms with van der Waals surface area (Å²) >= 11 is 0. The zero-order valence-electron chi connectivity index (χ0n) is 12.5. The Balaban J connectivity index is 5.07. The standard InChI is InChI=1S/C11H25FNO5P/c1-10(2,15-4)18-19(12,14)11(16-5,17-6)8-7-9-13-3/h13H,7-9H2,1-6H3. The molecule has 0 aromatic heterocycles. The second-order valence-electron chi connectivity index (χ2n) is 4.50. The van der Waals surface area contributed by atoms with E-state index in [9.17, 15) is 8.76 Å². The molecule has 0 aliphatic heterocycles. The topological polar surface area (TPSA) is 66.0 Å². The minimum Gasteiger partial charge on any atom is -0.353 e. The third kappa shape index (κ3) is 5.10. The highest BCUT2D eigenvalue weighted by atomic mass is 31.2. The summed E-state index contributed by atoms with van der Waals surface area (Å²) in [5.41, 5.74) is -1.92. The molecule has 8 heteroatoms. The monoisotopic (exact) mass is 301 g/mol. The van der Waals surface area contributed by atoms with E-state index in [1.165, 1.54) is 35.2 Å². The van der Waals surface area contributed by atoms with Gasteiger partial charge in [0.25, 0.3) is 5.53 Å². The van der Waals surface area contributed by atoms with Gasteiger partial charge in [-0.2, -0.15) is 4.20 Å². The van der Waals surface area contributed by atoms with Crippen LogP contribution in [0.15, 0.2) is 0 Å². The highest BCUT2D eigenvalue weighted by Crippen LogP contribution is 2.65. The molecular weight excluding hydrogens is 276 g/mol. The third-order valence-corrected chi connectivity index (χ3v) is 4.87. The highest BCUT2D eigenvalue weighted by molar-refractivity contribution is 7.54. The van der Waals surface area contributed by atoms with Crippen molar-refractivity contribution in [3.63, 3.8) is 0 Å². The molecule has 19 heavy (non-hydrogen) atoms. The van der Waals surface area contributed by atoms with Crippen molar-refractivity contribution in [2.24, 2.45) is 0 Å². The summed E-state index contributed by atoms with van der Waals surface area (Å²) in [5, 5.41) is 2.91. The van der Waals surface area contributed by atoms with Gasteiger partial charge in [0.05, 0.1) is 0 Å². The van der Waals surface area contributed by atoms with Crippen molar-refractivity contribution in [3.8, 4) is 0 Å². The summed E-state index contributed by atoms with van der Waals surface area (Å²) in [6.45, 7) is 3.54. The van der Waals surface area contributed by atoms with Gasteiger partial charge in [-0.15, -0.1) is 0 Å². The van der Waals surface area contributed by atoms with Crippen molar-refractivity contribution in [3.05, 3.63) is 0 Å². The fourth-order valence-electron chi connectivity index (χ4n) is 1.52. The first-order valence-electron chi connectivity index (χ1n) is 6.01. The number of nitrogens with one attached hydrogen (secondary N) is 1. The van der Waals surface area contributed by atoms with Crippen LogP contribution in [-0.2, 0) is 23.3 Å². The molecule has 0 saturated heterocycles. The van der Waals surface area contributed by atoms with Gasteiger partial charge in [0.2, 0.25) is 0 Å². The van der Waals surface area contributed by atoms with Gasteiger partial charge in [-0.25, -0.2) is 4.57 Å². The molecular formula is C11H25FNO5P. The van der Waals surface area contributed by atoms with Crippen LogP contribution >= 0.6 is 7.68 Å². The van der Waals surface area contributed by atoms with Crippen LogP contribution in [0, 0.1) is 0 Å². The van der Waals surface area contributed by atoms with E-state index < -0.39 is 19.0 Å². The SMILES string of the molecule is CNCCCC(OC)(OC)P(=O)(F)OC(C)(C)OC. The molecule has 0 saturated carbocycles. The Morgan fingerprint density at radius 1 is 1.16 bits per heavy atom. The molecule has 0 radical (unpaired) electrons. The predicted octanol–water partition coefficient (Wildman–Crippen LogP) is 2.49. The summed E-state index contributed by atoms with van der Waals surface area (Å²) < 4.78 is 46.6. The molecule has 0 spiro atoms. The predicted molar refractivity (Wildman–Crippen MR) is 70.8 cm³/mol. The van der Waals surface area contributed by atoms with E-state index in [1.54, 1.807) is 7.05 Å². The van der Waals surface area contributed by atoms with E-state index in [-0.39, 0.29) is 6.42 Å². The van der Waals surface area contributed by atoms with E-state index in [0.717, 1.165) is 0 Å². The Morgan fingerprint density at radius 3 is 2.05 bits per heavy atom. The highest BCUT2D eigenvalue weighted by Gasteiger charge is 2.54. The van der Waals surface area contributed by atoms with Crippen molar-refractivity contribution in [1.82, 2.24) is 5.32 Å². The van der Waals surface area contributed by atoms with E-state index in [1.807, 2.05) is 0 Å². The van der Waals surface area contributed by atoms with Crippen LogP contribution in [0.1, 0.15) is 26.7 Å². The van der Waals surface area contributed by atoms with Crippen molar-refractivity contribution >= 4 is 7.68 Å². The molecule has 0 bridgehead atoms. The Hall–Kier alpha value is -0.0400. The van der Waals surface area contributed by atoms with Crippen LogP contribution in [0.2, 0.25) is 0 Å². The molecule has 0 rings (SSSR count). The normalized spacial score (nSPS) is 16.4. The number of rotatable bonds is 10. The van der Waals surface area contributed by atoms with Crippen LogP contribution in [0.25, 0.3) is 0 Å². The lowest BCUT2D eigenvalue weighted by Crippen LogP contribution is -2.37. The Morgan fingerprint density at radius 2 is 1.68 bits per heavy atom. The quantitative estimate of drug-likeness (QED) is 0.380. The maximum atomic E-state index is 14.5. The van der Waals surface area contributed by atoms with Crippen molar-refractivity contribution in [1.29, 1.82) is 0 Å². The number of hydrogen-bond donors (Lipinski definition) is 1. The van der Waals surface area contributed by atoms with Gasteiger partial charge in [0, 0.05) is 27.8 Å². The van der Waals surface area contributed by atoms with Crippen LogP contribution in [0.4, 0.5) is 4.20 Å². The first-order valence-corrected chi connectivity index (χ1v) is 7.52. The molecule has 0 aromatic rings. The second kappa shape index (κ2) is 7.67. The average molecular weight is 301 g/mol. The lowest BCUT2D eigenvalue weighted by Gasteiger charge is -2.36. The van der Waals surface area contributed by atoms with E-state index >= 15 is 0 Å². The van der Waals surface area contributed by atoms with Crippen LogP contribution in [-0.4, -0.2) is 46.2 Å². The molecule has 0 aromatic carbocycles. The number of halogens is 1. The van der Waals surface area contributed by atoms with Gasteiger partial charge < -0.3 is 19.5 Å². The van der Waals surface area contributed by atoms with E-state index in [2.05, 4.69) is 5.32 Å². The fraction of sp³-hybridized carbons (Fsp3) is 1.00. The smallest absolute Gasteiger partial charge is 0.353 e. The molecule has 1 atom stereocenters. The molecule has 1 unspecified atom stereocenters. The minimum absolute atomic E-state index is 0.0917. The second-order valence-corrected chi connectivity index (χ2v) is 6.33. The Bertz CT molecular complexity index is 309. The first-order chi connectivity index (χ1) is 8.70. The summed E-state index contributed by atoms with van der Waals surface area (Å²) in [7, 11) is 0.860. The molecule has 1 N–H and O–H groups in total. The van der Waals surface area contributed by atoms with Crippen LogP contribution in [0.5, 0.6) is 0 Å². The summed E-state index contributed by atoms with van der Waals surface area (Å²) in [4.78, 5) is 0. The first kappa shape index (κ1) is 19.0. The molecule has 0 amide bonds. The van der Waals surface area contributed by atoms with Crippen molar-refractivity contribution < 1.29 is 27.5 Å². The van der Waals surface area contributed by atoms with Gasteiger partial charge >= 0.3 is 7.68 Å². The number of hydrogen-bond acceptors (Lipinski definition) is 6. The maximum Gasteiger partial charge on any atom is 0.427 e. The van der Waals surface area contributed by atoms with Gasteiger partial charge in [-0.1, -0.05) is 0 Å². The Labute approximate surface area is 114 Å². The number of methoxy groups -OCH3 is 3. The lowest BCUT2D eigenvalue weighted by molar-refractivity contribution is -0.187. The Kier molecular flexibility index (Phi) is 7.65. The third-order valence-electron chi connectivity index (χ3n) is 2.79.